The number of hydrogen-bond donors (Lipinski definition) is 2. The van der Waals surface area contributed by atoms with Crippen molar-refractivity contribution in [2.75, 3.05) is 26.7 Å². The lowest BCUT2D eigenvalue weighted by molar-refractivity contribution is -0.127. The Morgan fingerprint density at radius 2 is 2.20 bits per heavy atom. The molecule has 110 valence electrons. The van der Waals surface area contributed by atoms with Crippen molar-refractivity contribution in [2.24, 2.45) is 0 Å². The Morgan fingerprint density at radius 1 is 1.45 bits per heavy atom. The third-order valence-electron chi connectivity index (χ3n) is 3.95. The van der Waals surface area contributed by atoms with E-state index in [0.717, 1.165) is 38.0 Å². The molecule has 4 heteroatoms. The fourth-order valence-corrected chi connectivity index (χ4v) is 2.68. The number of amides is 1. The first-order chi connectivity index (χ1) is 9.72. The third kappa shape index (κ3) is 3.81. The zero-order valence-electron chi connectivity index (χ0n) is 12.4. The van der Waals surface area contributed by atoms with Crippen LogP contribution in [0.15, 0.2) is 30.3 Å². The lowest BCUT2D eigenvalue weighted by Crippen LogP contribution is -2.49. The van der Waals surface area contributed by atoms with Crippen molar-refractivity contribution in [3.05, 3.63) is 35.9 Å². The molecule has 1 heterocycles. The number of carbonyl (C=O) groups excluding carboxylic acids is 1. The molecule has 2 unspecified atom stereocenters. The third-order valence-corrected chi connectivity index (χ3v) is 3.95. The van der Waals surface area contributed by atoms with E-state index in [1.165, 1.54) is 0 Å². The molecule has 0 spiro atoms. The monoisotopic (exact) mass is 275 g/mol. The largest absolute Gasteiger partial charge is 0.350 e. The molecule has 1 aliphatic rings. The second kappa shape index (κ2) is 7.41. The van der Waals surface area contributed by atoms with E-state index in [9.17, 15) is 4.79 Å². The molecular formula is C16H25N3O. The number of rotatable bonds is 5. The van der Waals surface area contributed by atoms with E-state index in [1.54, 1.807) is 0 Å². The molecule has 2 atom stereocenters. The normalized spacial score (nSPS) is 20.6. The molecule has 2 rings (SSSR count). The van der Waals surface area contributed by atoms with Crippen LogP contribution >= 0.6 is 0 Å². The smallest absolute Gasteiger partial charge is 0.242 e. The molecule has 4 nitrogen and oxygen atoms in total. The van der Waals surface area contributed by atoms with Gasteiger partial charge in [0.25, 0.3) is 0 Å². The number of nitrogens with zero attached hydrogens (tertiary/aromatic N) is 1. The Kier molecular flexibility index (Phi) is 5.56. The predicted molar refractivity (Wildman–Crippen MR) is 81.5 cm³/mol. The summed E-state index contributed by atoms with van der Waals surface area (Å²) in [5.41, 5.74) is 1.05. The lowest BCUT2D eigenvalue weighted by atomic mass is 10.0. The number of nitrogens with one attached hydrogen (secondary N) is 2. The minimum atomic E-state index is -0.205. The van der Waals surface area contributed by atoms with Crippen LogP contribution in [-0.2, 0) is 4.79 Å². The predicted octanol–water partition coefficient (Wildman–Crippen LogP) is 1.55. The first-order valence-corrected chi connectivity index (χ1v) is 7.48. The average molecular weight is 275 g/mol. The van der Waals surface area contributed by atoms with Crippen LogP contribution in [0.25, 0.3) is 0 Å². The van der Waals surface area contributed by atoms with Gasteiger partial charge >= 0.3 is 0 Å². The fraction of sp³-hybridized carbons (Fsp3) is 0.562. The van der Waals surface area contributed by atoms with Crippen LogP contribution in [0.1, 0.15) is 31.4 Å². The van der Waals surface area contributed by atoms with Crippen molar-refractivity contribution in [1.29, 1.82) is 0 Å². The van der Waals surface area contributed by atoms with Gasteiger partial charge < -0.3 is 10.6 Å². The van der Waals surface area contributed by atoms with Crippen molar-refractivity contribution in [3.8, 4) is 0 Å². The van der Waals surface area contributed by atoms with Crippen molar-refractivity contribution in [1.82, 2.24) is 15.5 Å². The van der Waals surface area contributed by atoms with E-state index >= 15 is 0 Å². The van der Waals surface area contributed by atoms with Crippen LogP contribution in [0, 0.1) is 0 Å². The summed E-state index contributed by atoms with van der Waals surface area (Å²) in [7, 11) is 2.00. The standard InChI is InChI=1S/C16H25N3O/c1-3-19(2)15(13-8-5-4-6-9-13)16(20)18-14-10-7-11-17-12-14/h4-6,8-9,14-15,17H,3,7,10-12H2,1-2H3,(H,18,20). The molecule has 1 aliphatic heterocycles. The van der Waals surface area contributed by atoms with Gasteiger partial charge in [0.2, 0.25) is 5.91 Å². The van der Waals surface area contributed by atoms with Crippen molar-refractivity contribution in [2.45, 2.75) is 31.8 Å². The first kappa shape index (κ1) is 15.0. The SMILES string of the molecule is CCN(C)C(C(=O)NC1CCCNC1)c1ccccc1. The van der Waals surface area contributed by atoms with E-state index in [0.29, 0.717) is 0 Å². The molecule has 20 heavy (non-hydrogen) atoms. The van der Waals surface area contributed by atoms with Gasteiger partial charge in [0.05, 0.1) is 0 Å². The summed E-state index contributed by atoms with van der Waals surface area (Å²) in [6.45, 7) is 4.85. The van der Waals surface area contributed by atoms with E-state index in [4.69, 9.17) is 0 Å². The molecule has 1 aromatic rings. The lowest BCUT2D eigenvalue weighted by Gasteiger charge is -2.30. The minimum absolute atomic E-state index is 0.106. The summed E-state index contributed by atoms with van der Waals surface area (Å²) in [5, 5.41) is 6.52. The number of hydrogen-bond acceptors (Lipinski definition) is 3. The highest BCUT2D eigenvalue weighted by Gasteiger charge is 2.26. The highest BCUT2D eigenvalue weighted by molar-refractivity contribution is 5.83. The van der Waals surface area contributed by atoms with E-state index in [1.807, 2.05) is 37.4 Å². The molecule has 0 radical (unpaired) electrons. The highest BCUT2D eigenvalue weighted by atomic mass is 16.2. The summed E-state index contributed by atoms with van der Waals surface area (Å²) < 4.78 is 0. The minimum Gasteiger partial charge on any atom is -0.350 e. The van der Waals surface area contributed by atoms with Gasteiger partial charge in [0.1, 0.15) is 6.04 Å². The summed E-state index contributed by atoms with van der Waals surface area (Å²) >= 11 is 0. The quantitative estimate of drug-likeness (QED) is 0.857. The number of piperidine rings is 1. The maximum atomic E-state index is 12.6. The Bertz CT molecular complexity index is 415. The van der Waals surface area contributed by atoms with Gasteiger partial charge in [-0.25, -0.2) is 0 Å². The maximum Gasteiger partial charge on any atom is 0.242 e. The Morgan fingerprint density at radius 3 is 2.80 bits per heavy atom. The van der Waals surface area contributed by atoms with Crippen molar-refractivity contribution < 1.29 is 4.79 Å². The van der Waals surface area contributed by atoms with Gasteiger partial charge in [0.15, 0.2) is 0 Å². The summed E-state index contributed by atoms with van der Waals surface area (Å²) in [4.78, 5) is 14.7. The summed E-state index contributed by atoms with van der Waals surface area (Å²) in [5.74, 6) is 0.106. The second-order valence-corrected chi connectivity index (χ2v) is 5.44. The second-order valence-electron chi connectivity index (χ2n) is 5.44. The maximum absolute atomic E-state index is 12.6. The molecule has 0 aliphatic carbocycles. The Hall–Kier alpha value is -1.39. The van der Waals surface area contributed by atoms with Gasteiger partial charge in [-0.3, -0.25) is 9.69 Å². The van der Waals surface area contributed by atoms with Gasteiger partial charge in [0, 0.05) is 12.6 Å². The van der Waals surface area contributed by atoms with Crippen LogP contribution in [0.3, 0.4) is 0 Å². The number of carbonyl (C=O) groups is 1. The highest BCUT2D eigenvalue weighted by Crippen LogP contribution is 2.19. The van der Waals surface area contributed by atoms with Crippen molar-refractivity contribution in [3.63, 3.8) is 0 Å². The number of benzene rings is 1. The van der Waals surface area contributed by atoms with Crippen LogP contribution in [0.5, 0.6) is 0 Å². The molecule has 2 N–H and O–H groups in total. The van der Waals surface area contributed by atoms with Gasteiger partial charge in [-0.1, -0.05) is 37.3 Å². The summed E-state index contributed by atoms with van der Waals surface area (Å²) in [6.07, 6.45) is 2.20. The van der Waals surface area contributed by atoms with Crippen molar-refractivity contribution >= 4 is 5.91 Å². The Balaban J connectivity index is 2.08. The van der Waals surface area contributed by atoms with Crippen LogP contribution in [0.4, 0.5) is 0 Å². The van der Waals surface area contributed by atoms with Crippen LogP contribution in [-0.4, -0.2) is 43.5 Å². The molecule has 1 fully saturated rings. The number of likely N-dealkylation sites (N-methyl/N-ethyl adjacent to an activating group) is 1. The molecule has 1 saturated heterocycles. The molecular weight excluding hydrogens is 250 g/mol. The molecule has 0 aromatic heterocycles. The van der Waals surface area contributed by atoms with E-state index in [2.05, 4.69) is 22.5 Å². The fourth-order valence-electron chi connectivity index (χ4n) is 2.68. The van der Waals surface area contributed by atoms with E-state index < -0.39 is 0 Å². The van der Waals surface area contributed by atoms with Gasteiger partial charge in [-0.2, -0.15) is 0 Å². The average Bonchev–Trinajstić information content (AvgIpc) is 2.49. The zero-order valence-corrected chi connectivity index (χ0v) is 12.4. The molecule has 0 bridgehead atoms. The zero-order chi connectivity index (χ0) is 14.4. The van der Waals surface area contributed by atoms with Crippen LogP contribution in [0.2, 0.25) is 0 Å². The molecule has 0 saturated carbocycles. The summed E-state index contributed by atoms with van der Waals surface area (Å²) in [6, 6.07) is 10.1. The van der Waals surface area contributed by atoms with E-state index in [-0.39, 0.29) is 18.0 Å². The Labute approximate surface area is 121 Å². The topological polar surface area (TPSA) is 44.4 Å². The van der Waals surface area contributed by atoms with Crippen LogP contribution < -0.4 is 10.6 Å². The first-order valence-electron chi connectivity index (χ1n) is 7.48. The molecule has 1 amide bonds. The van der Waals surface area contributed by atoms with Gasteiger partial charge in [-0.05, 0) is 38.5 Å². The molecule has 1 aromatic carbocycles. The van der Waals surface area contributed by atoms with Gasteiger partial charge in [-0.15, -0.1) is 0 Å².